The highest BCUT2D eigenvalue weighted by molar-refractivity contribution is 7.98. The van der Waals surface area contributed by atoms with E-state index in [1.54, 1.807) is 0 Å². The van der Waals surface area contributed by atoms with Crippen molar-refractivity contribution >= 4 is 17.7 Å². The third-order valence-corrected chi connectivity index (χ3v) is 5.34. The van der Waals surface area contributed by atoms with E-state index in [1.165, 1.54) is 11.1 Å². The van der Waals surface area contributed by atoms with Gasteiger partial charge in [-0.3, -0.25) is 4.79 Å². The van der Waals surface area contributed by atoms with Crippen LogP contribution in [0.15, 0.2) is 42.5 Å². The predicted molar refractivity (Wildman–Crippen MR) is 106 cm³/mol. The molecular weight excluding hydrogens is 346 g/mol. The van der Waals surface area contributed by atoms with E-state index in [4.69, 9.17) is 9.47 Å². The van der Waals surface area contributed by atoms with Crippen LogP contribution in [0, 0.1) is 6.92 Å². The lowest BCUT2D eigenvalue weighted by molar-refractivity contribution is -0.120. The fourth-order valence-corrected chi connectivity index (χ4v) is 3.74. The van der Waals surface area contributed by atoms with Crippen molar-refractivity contribution in [2.75, 3.05) is 25.5 Å². The van der Waals surface area contributed by atoms with Crippen LogP contribution in [-0.4, -0.2) is 31.4 Å². The third kappa shape index (κ3) is 5.43. The molecule has 3 rings (SSSR count). The fraction of sp³-hybridized carbons (Fsp3) is 0.381. The van der Waals surface area contributed by atoms with Gasteiger partial charge in [0.15, 0.2) is 11.5 Å². The fourth-order valence-electron chi connectivity index (χ4n) is 2.81. The standard InChI is InChI=1S/C21H25NO3S/c1-16-4-2-3-5-18(16)15-26-13-10-22-21(23)9-7-17-6-8-19-20(14-17)25-12-11-24-19/h2-6,8,14H,7,9-13,15H2,1H3,(H,22,23). The molecule has 0 bridgehead atoms. The minimum atomic E-state index is 0.0939. The number of thioether (sulfide) groups is 1. The molecule has 0 spiro atoms. The molecule has 0 atom stereocenters. The second kappa shape index (κ2) is 9.53. The maximum atomic E-state index is 12.0. The van der Waals surface area contributed by atoms with Crippen molar-refractivity contribution in [1.82, 2.24) is 5.32 Å². The molecule has 26 heavy (non-hydrogen) atoms. The van der Waals surface area contributed by atoms with Crippen LogP contribution in [0.4, 0.5) is 0 Å². The topological polar surface area (TPSA) is 47.6 Å². The van der Waals surface area contributed by atoms with Gasteiger partial charge in [-0.2, -0.15) is 11.8 Å². The first-order chi connectivity index (χ1) is 12.7. The van der Waals surface area contributed by atoms with E-state index in [-0.39, 0.29) is 5.91 Å². The molecule has 2 aromatic carbocycles. The van der Waals surface area contributed by atoms with Crippen molar-refractivity contribution in [3.8, 4) is 11.5 Å². The maximum Gasteiger partial charge on any atom is 0.220 e. The van der Waals surface area contributed by atoms with Crippen LogP contribution in [0.2, 0.25) is 0 Å². The van der Waals surface area contributed by atoms with E-state index < -0.39 is 0 Å². The number of ether oxygens (including phenoxy) is 2. The Morgan fingerprint density at radius 3 is 2.77 bits per heavy atom. The summed E-state index contributed by atoms with van der Waals surface area (Å²) in [5, 5.41) is 3.00. The molecule has 0 fully saturated rings. The Morgan fingerprint density at radius 1 is 1.12 bits per heavy atom. The number of aryl methyl sites for hydroxylation is 2. The average molecular weight is 372 g/mol. The number of rotatable bonds is 8. The highest BCUT2D eigenvalue weighted by atomic mass is 32.2. The van der Waals surface area contributed by atoms with Gasteiger partial charge in [0, 0.05) is 24.5 Å². The molecule has 0 aromatic heterocycles. The van der Waals surface area contributed by atoms with E-state index in [0.717, 1.165) is 28.6 Å². The van der Waals surface area contributed by atoms with Gasteiger partial charge in [0.1, 0.15) is 13.2 Å². The number of carbonyl (C=O) groups is 1. The third-order valence-electron chi connectivity index (χ3n) is 4.33. The molecule has 0 saturated carbocycles. The summed E-state index contributed by atoms with van der Waals surface area (Å²) >= 11 is 1.85. The molecule has 0 aliphatic carbocycles. The van der Waals surface area contributed by atoms with Crippen molar-refractivity contribution in [3.63, 3.8) is 0 Å². The Labute approximate surface area is 159 Å². The van der Waals surface area contributed by atoms with Crippen LogP contribution < -0.4 is 14.8 Å². The van der Waals surface area contributed by atoms with Gasteiger partial charge in [-0.05, 0) is 42.2 Å². The summed E-state index contributed by atoms with van der Waals surface area (Å²) in [5.74, 6) is 3.57. The number of hydrogen-bond donors (Lipinski definition) is 1. The van der Waals surface area contributed by atoms with Gasteiger partial charge in [-0.15, -0.1) is 0 Å². The molecule has 2 aromatic rings. The first-order valence-corrected chi connectivity index (χ1v) is 10.2. The maximum absolute atomic E-state index is 12.0. The number of fused-ring (bicyclic) bond motifs is 1. The molecule has 1 heterocycles. The summed E-state index contributed by atoms with van der Waals surface area (Å²) in [6, 6.07) is 14.3. The molecule has 1 amide bonds. The molecule has 1 N–H and O–H groups in total. The van der Waals surface area contributed by atoms with Crippen molar-refractivity contribution in [2.45, 2.75) is 25.5 Å². The number of benzene rings is 2. The van der Waals surface area contributed by atoms with Crippen LogP contribution in [0.3, 0.4) is 0 Å². The monoisotopic (exact) mass is 371 g/mol. The SMILES string of the molecule is Cc1ccccc1CSCCNC(=O)CCc1ccc2c(c1)OCCO2. The van der Waals surface area contributed by atoms with Gasteiger partial charge in [0.25, 0.3) is 0 Å². The Morgan fingerprint density at radius 2 is 1.92 bits per heavy atom. The zero-order valence-corrected chi connectivity index (χ0v) is 15.9. The lowest BCUT2D eigenvalue weighted by Crippen LogP contribution is -2.26. The highest BCUT2D eigenvalue weighted by Gasteiger charge is 2.12. The lowest BCUT2D eigenvalue weighted by Gasteiger charge is -2.18. The van der Waals surface area contributed by atoms with Crippen molar-refractivity contribution in [2.24, 2.45) is 0 Å². The van der Waals surface area contributed by atoms with Gasteiger partial charge >= 0.3 is 0 Å². The van der Waals surface area contributed by atoms with Crippen LogP contribution in [0.5, 0.6) is 11.5 Å². The molecule has 4 nitrogen and oxygen atoms in total. The number of amides is 1. The van der Waals surface area contributed by atoms with Gasteiger partial charge in [0.2, 0.25) is 5.91 Å². The highest BCUT2D eigenvalue weighted by Crippen LogP contribution is 2.31. The number of nitrogens with one attached hydrogen (secondary N) is 1. The van der Waals surface area contributed by atoms with Crippen LogP contribution in [0.1, 0.15) is 23.1 Å². The van der Waals surface area contributed by atoms with Crippen LogP contribution in [0.25, 0.3) is 0 Å². The Bertz CT molecular complexity index is 748. The molecule has 0 radical (unpaired) electrons. The van der Waals surface area contributed by atoms with Crippen molar-refractivity contribution in [1.29, 1.82) is 0 Å². The van der Waals surface area contributed by atoms with E-state index in [0.29, 0.717) is 32.6 Å². The second-order valence-electron chi connectivity index (χ2n) is 6.31. The van der Waals surface area contributed by atoms with Crippen molar-refractivity contribution < 1.29 is 14.3 Å². The van der Waals surface area contributed by atoms with Crippen molar-refractivity contribution in [3.05, 3.63) is 59.2 Å². The van der Waals surface area contributed by atoms with Crippen LogP contribution >= 0.6 is 11.8 Å². The molecule has 0 unspecified atom stereocenters. The quantitative estimate of drug-likeness (QED) is 0.718. The first kappa shape index (κ1) is 18.6. The van der Waals surface area contributed by atoms with E-state index in [9.17, 15) is 4.79 Å². The van der Waals surface area contributed by atoms with Crippen LogP contribution in [-0.2, 0) is 17.0 Å². The Balaban J connectivity index is 1.32. The normalized spacial score (nSPS) is 12.7. The van der Waals surface area contributed by atoms with Gasteiger partial charge in [-0.1, -0.05) is 30.3 Å². The number of carbonyl (C=O) groups excluding carboxylic acids is 1. The van der Waals surface area contributed by atoms with E-state index in [1.807, 2.05) is 30.0 Å². The van der Waals surface area contributed by atoms with E-state index >= 15 is 0 Å². The average Bonchev–Trinajstić information content (AvgIpc) is 2.67. The second-order valence-corrected chi connectivity index (χ2v) is 7.41. The minimum Gasteiger partial charge on any atom is -0.486 e. The number of hydrogen-bond acceptors (Lipinski definition) is 4. The molecule has 138 valence electrons. The Hall–Kier alpha value is -2.14. The minimum absolute atomic E-state index is 0.0939. The molecular formula is C21H25NO3S. The summed E-state index contributed by atoms with van der Waals surface area (Å²) in [6.45, 7) is 4.01. The van der Waals surface area contributed by atoms with Gasteiger partial charge in [0.05, 0.1) is 0 Å². The van der Waals surface area contributed by atoms with E-state index in [2.05, 4.69) is 36.5 Å². The molecule has 1 aliphatic rings. The zero-order chi connectivity index (χ0) is 18.2. The van der Waals surface area contributed by atoms with Gasteiger partial charge < -0.3 is 14.8 Å². The summed E-state index contributed by atoms with van der Waals surface area (Å²) in [4.78, 5) is 12.0. The van der Waals surface area contributed by atoms with Gasteiger partial charge in [-0.25, -0.2) is 0 Å². The summed E-state index contributed by atoms with van der Waals surface area (Å²) in [6.07, 6.45) is 1.20. The smallest absolute Gasteiger partial charge is 0.220 e. The molecule has 1 aliphatic heterocycles. The predicted octanol–water partition coefficient (Wildman–Crippen LogP) is 3.75. The summed E-state index contributed by atoms with van der Waals surface area (Å²) in [5.41, 5.74) is 3.78. The lowest BCUT2D eigenvalue weighted by atomic mass is 10.1. The molecule has 5 heteroatoms. The zero-order valence-electron chi connectivity index (χ0n) is 15.1. The molecule has 0 saturated heterocycles. The summed E-state index contributed by atoms with van der Waals surface area (Å²) in [7, 11) is 0. The summed E-state index contributed by atoms with van der Waals surface area (Å²) < 4.78 is 11.1. The Kier molecular flexibility index (Phi) is 6.83. The largest absolute Gasteiger partial charge is 0.486 e. The first-order valence-electron chi connectivity index (χ1n) is 9.00.